The zero-order valence-electron chi connectivity index (χ0n) is 18.1. The maximum absolute atomic E-state index is 12.6. The van der Waals surface area contributed by atoms with Crippen molar-refractivity contribution in [2.45, 2.75) is 70.1 Å². The van der Waals surface area contributed by atoms with Crippen LogP contribution in [-0.2, 0) is 4.74 Å². The van der Waals surface area contributed by atoms with Crippen molar-refractivity contribution in [2.75, 3.05) is 33.9 Å². The van der Waals surface area contributed by atoms with Crippen LogP contribution in [0.4, 0.5) is 0 Å². The molecule has 0 unspecified atom stereocenters. The van der Waals surface area contributed by atoms with E-state index in [4.69, 9.17) is 14.2 Å². The second-order valence-corrected chi connectivity index (χ2v) is 8.19. The molecule has 1 atom stereocenters. The van der Waals surface area contributed by atoms with Crippen molar-refractivity contribution in [3.05, 3.63) is 23.8 Å². The number of hydrogen-bond acceptors (Lipinski definition) is 5. The highest BCUT2D eigenvalue weighted by molar-refractivity contribution is 5.95. The van der Waals surface area contributed by atoms with Crippen LogP contribution in [0, 0.1) is 0 Å². The molecule has 1 amide bonds. The highest BCUT2D eigenvalue weighted by atomic mass is 16.5. The Labute approximate surface area is 174 Å². The molecule has 1 N–H and O–H groups in total. The zero-order valence-corrected chi connectivity index (χ0v) is 18.1. The highest BCUT2D eigenvalue weighted by Crippen LogP contribution is 2.32. The van der Waals surface area contributed by atoms with Gasteiger partial charge in [0.2, 0.25) is 0 Å². The first-order chi connectivity index (χ1) is 14.1. The number of rotatable bonds is 9. The summed E-state index contributed by atoms with van der Waals surface area (Å²) in [5, 5.41) is 3.00. The smallest absolute Gasteiger partial charge is 0.251 e. The number of methoxy groups -OCH3 is 2. The number of carbonyl (C=O) groups excluding carboxylic acids is 1. The van der Waals surface area contributed by atoms with E-state index in [2.05, 4.69) is 10.2 Å². The lowest BCUT2D eigenvalue weighted by Crippen LogP contribution is -2.43. The summed E-state index contributed by atoms with van der Waals surface area (Å²) >= 11 is 0. The Morgan fingerprint density at radius 2 is 1.86 bits per heavy atom. The third-order valence-electron chi connectivity index (χ3n) is 6.23. The fourth-order valence-corrected chi connectivity index (χ4v) is 4.45. The summed E-state index contributed by atoms with van der Waals surface area (Å²) in [6.07, 6.45) is 8.56. The summed E-state index contributed by atoms with van der Waals surface area (Å²) in [5.74, 6) is 1.20. The number of likely N-dealkylation sites (tertiary alicyclic amines) is 1. The SMILES string of the molecule is CC[C@@H](COC)NC(=O)c1ccc(OC2CCN(C3CCCC3)CC2)c(OC)c1. The Morgan fingerprint density at radius 3 is 2.48 bits per heavy atom. The Balaban J connectivity index is 1.57. The van der Waals surface area contributed by atoms with Gasteiger partial charge < -0.3 is 24.4 Å². The van der Waals surface area contributed by atoms with Crippen molar-refractivity contribution in [2.24, 2.45) is 0 Å². The van der Waals surface area contributed by atoms with Crippen LogP contribution in [0.3, 0.4) is 0 Å². The van der Waals surface area contributed by atoms with Crippen molar-refractivity contribution >= 4 is 5.91 Å². The predicted molar refractivity (Wildman–Crippen MR) is 114 cm³/mol. The lowest BCUT2D eigenvalue weighted by atomic mass is 10.0. The average molecular weight is 405 g/mol. The van der Waals surface area contributed by atoms with Gasteiger partial charge in [-0.05, 0) is 50.3 Å². The van der Waals surface area contributed by atoms with Gasteiger partial charge in [0.05, 0.1) is 19.8 Å². The highest BCUT2D eigenvalue weighted by Gasteiger charge is 2.28. The minimum atomic E-state index is -0.122. The maximum atomic E-state index is 12.6. The Hall–Kier alpha value is -1.79. The summed E-state index contributed by atoms with van der Waals surface area (Å²) in [6.45, 7) is 4.74. The summed E-state index contributed by atoms with van der Waals surface area (Å²) in [7, 11) is 3.26. The topological polar surface area (TPSA) is 60.0 Å². The van der Waals surface area contributed by atoms with Gasteiger partial charge in [0.1, 0.15) is 6.10 Å². The normalized spacial score (nSPS) is 19.8. The molecular formula is C23H36N2O4. The molecule has 1 aromatic rings. The number of piperidine rings is 1. The molecule has 29 heavy (non-hydrogen) atoms. The van der Waals surface area contributed by atoms with Crippen LogP contribution >= 0.6 is 0 Å². The third kappa shape index (κ3) is 5.86. The van der Waals surface area contributed by atoms with Gasteiger partial charge in [-0.15, -0.1) is 0 Å². The van der Waals surface area contributed by atoms with Crippen LogP contribution in [0.1, 0.15) is 62.2 Å². The Bertz CT molecular complexity index is 652. The molecule has 1 saturated heterocycles. The zero-order chi connectivity index (χ0) is 20.6. The first-order valence-electron chi connectivity index (χ1n) is 11.0. The molecule has 2 aliphatic rings. The van der Waals surface area contributed by atoms with E-state index in [-0.39, 0.29) is 18.1 Å². The average Bonchev–Trinajstić information content (AvgIpc) is 3.29. The van der Waals surface area contributed by atoms with Gasteiger partial charge in [-0.3, -0.25) is 4.79 Å². The first kappa shape index (κ1) is 21.9. The van der Waals surface area contributed by atoms with Crippen LogP contribution in [-0.4, -0.2) is 62.9 Å². The summed E-state index contributed by atoms with van der Waals surface area (Å²) < 4.78 is 16.9. The van der Waals surface area contributed by atoms with Crippen molar-refractivity contribution in [3.63, 3.8) is 0 Å². The number of hydrogen-bond donors (Lipinski definition) is 1. The van der Waals surface area contributed by atoms with Crippen LogP contribution in [0.15, 0.2) is 18.2 Å². The van der Waals surface area contributed by atoms with Crippen molar-refractivity contribution < 1.29 is 19.0 Å². The second kappa shape index (κ2) is 10.8. The van der Waals surface area contributed by atoms with E-state index < -0.39 is 0 Å². The van der Waals surface area contributed by atoms with Gasteiger partial charge in [-0.1, -0.05) is 19.8 Å². The fourth-order valence-electron chi connectivity index (χ4n) is 4.45. The van der Waals surface area contributed by atoms with Gasteiger partial charge in [0.25, 0.3) is 5.91 Å². The number of ether oxygens (including phenoxy) is 3. The largest absolute Gasteiger partial charge is 0.493 e. The van der Waals surface area contributed by atoms with E-state index >= 15 is 0 Å². The summed E-state index contributed by atoms with van der Waals surface area (Å²) in [6, 6.07) is 6.21. The molecule has 3 rings (SSSR count). The molecule has 1 aromatic carbocycles. The van der Waals surface area contributed by atoms with E-state index in [1.54, 1.807) is 26.4 Å². The van der Waals surface area contributed by atoms with Crippen LogP contribution in [0.2, 0.25) is 0 Å². The van der Waals surface area contributed by atoms with E-state index in [1.807, 2.05) is 13.0 Å². The molecule has 1 aliphatic heterocycles. The lowest BCUT2D eigenvalue weighted by Gasteiger charge is -2.36. The quantitative estimate of drug-likeness (QED) is 0.681. The number of benzene rings is 1. The molecule has 6 heteroatoms. The minimum absolute atomic E-state index is 0.000487. The van der Waals surface area contributed by atoms with Gasteiger partial charge >= 0.3 is 0 Å². The molecule has 0 bridgehead atoms. The van der Waals surface area contributed by atoms with E-state index in [1.165, 1.54) is 25.7 Å². The molecule has 162 valence electrons. The summed E-state index contributed by atoms with van der Waals surface area (Å²) in [4.78, 5) is 15.2. The number of nitrogens with one attached hydrogen (secondary N) is 1. The molecule has 2 fully saturated rings. The molecule has 0 aromatic heterocycles. The van der Waals surface area contributed by atoms with E-state index in [9.17, 15) is 4.79 Å². The molecular weight excluding hydrogens is 368 g/mol. The van der Waals surface area contributed by atoms with E-state index in [0.717, 1.165) is 38.4 Å². The second-order valence-electron chi connectivity index (χ2n) is 8.19. The monoisotopic (exact) mass is 404 g/mol. The van der Waals surface area contributed by atoms with Crippen molar-refractivity contribution in [1.82, 2.24) is 10.2 Å². The van der Waals surface area contributed by atoms with Crippen LogP contribution in [0.5, 0.6) is 11.5 Å². The van der Waals surface area contributed by atoms with Crippen LogP contribution < -0.4 is 14.8 Å². The molecule has 6 nitrogen and oxygen atoms in total. The predicted octanol–water partition coefficient (Wildman–Crippen LogP) is 3.64. The van der Waals surface area contributed by atoms with Gasteiger partial charge in [0.15, 0.2) is 11.5 Å². The lowest BCUT2D eigenvalue weighted by molar-refractivity contribution is 0.0750. The minimum Gasteiger partial charge on any atom is -0.493 e. The van der Waals surface area contributed by atoms with Crippen LogP contribution in [0.25, 0.3) is 0 Å². The maximum Gasteiger partial charge on any atom is 0.251 e. The van der Waals surface area contributed by atoms with Gasteiger partial charge in [-0.2, -0.15) is 0 Å². The number of amides is 1. The van der Waals surface area contributed by atoms with Crippen molar-refractivity contribution in [1.29, 1.82) is 0 Å². The molecule has 1 saturated carbocycles. The molecule has 0 spiro atoms. The van der Waals surface area contributed by atoms with E-state index in [0.29, 0.717) is 23.7 Å². The van der Waals surface area contributed by atoms with Gasteiger partial charge in [0, 0.05) is 31.8 Å². The first-order valence-corrected chi connectivity index (χ1v) is 11.0. The van der Waals surface area contributed by atoms with Gasteiger partial charge in [-0.25, -0.2) is 0 Å². The molecule has 0 radical (unpaired) electrons. The molecule has 1 heterocycles. The summed E-state index contributed by atoms with van der Waals surface area (Å²) in [5.41, 5.74) is 0.569. The fraction of sp³-hybridized carbons (Fsp3) is 0.696. The number of carbonyl (C=O) groups is 1. The Kier molecular flexibility index (Phi) is 8.19. The Morgan fingerprint density at radius 1 is 1.14 bits per heavy atom. The van der Waals surface area contributed by atoms with Crippen molar-refractivity contribution in [3.8, 4) is 11.5 Å². The molecule has 1 aliphatic carbocycles. The third-order valence-corrected chi connectivity index (χ3v) is 6.23. The standard InChI is InChI=1S/C23H36N2O4/c1-4-18(16-27-2)24-23(26)17-9-10-21(22(15-17)28-3)29-20-11-13-25(14-12-20)19-7-5-6-8-19/h9-10,15,18-20H,4-8,11-14,16H2,1-3H3,(H,24,26)/t18-/m0/s1. The number of nitrogens with zero attached hydrogens (tertiary/aromatic N) is 1.